The van der Waals surface area contributed by atoms with Crippen molar-refractivity contribution < 1.29 is 19.4 Å². The zero-order valence-corrected chi connectivity index (χ0v) is 15.4. The molecule has 1 N–H and O–H groups in total. The summed E-state index contributed by atoms with van der Waals surface area (Å²) in [6, 6.07) is 7.37. The van der Waals surface area contributed by atoms with Gasteiger partial charge in [-0.2, -0.15) is 0 Å². The fourth-order valence-electron chi connectivity index (χ4n) is 3.57. The largest absolute Gasteiger partial charge is 0.509 e. The van der Waals surface area contributed by atoms with Crippen molar-refractivity contribution >= 4 is 17.8 Å². The number of carbonyl (C=O) groups is 2. The lowest BCUT2D eigenvalue weighted by atomic mass is 9.90. The van der Waals surface area contributed by atoms with Crippen LogP contribution >= 0.6 is 0 Å². The number of amides is 1. The highest BCUT2D eigenvalue weighted by molar-refractivity contribution is 5.97. The molecule has 0 radical (unpaired) electrons. The standard InChI is InChI=1S/C21H25NO4/c1-13(2)10-20-21(25)17(12-26-20)19(24)11-18-16-7-5-4-6-15(16)8-9-22(18)14(3)23/h4-9,13,18,20,25H,10-12H2,1-3H3. The third-order valence-corrected chi connectivity index (χ3v) is 4.91. The van der Waals surface area contributed by atoms with E-state index >= 15 is 0 Å². The summed E-state index contributed by atoms with van der Waals surface area (Å²) in [5.41, 5.74) is 2.28. The van der Waals surface area contributed by atoms with Crippen molar-refractivity contribution in [1.29, 1.82) is 0 Å². The molecule has 0 fully saturated rings. The van der Waals surface area contributed by atoms with E-state index in [9.17, 15) is 14.7 Å². The van der Waals surface area contributed by atoms with Gasteiger partial charge in [0.1, 0.15) is 11.9 Å². The van der Waals surface area contributed by atoms with E-state index in [-0.39, 0.29) is 36.5 Å². The zero-order chi connectivity index (χ0) is 18.8. The van der Waals surface area contributed by atoms with Crippen molar-refractivity contribution in [3.63, 3.8) is 0 Å². The van der Waals surface area contributed by atoms with Gasteiger partial charge in [-0.15, -0.1) is 0 Å². The van der Waals surface area contributed by atoms with Gasteiger partial charge < -0.3 is 14.7 Å². The summed E-state index contributed by atoms with van der Waals surface area (Å²) < 4.78 is 5.60. The minimum absolute atomic E-state index is 0.0534. The lowest BCUT2D eigenvalue weighted by Crippen LogP contribution is -2.32. The molecule has 2 heterocycles. The van der Waals surface area contributed by atoms with Gasteiger partial charge in [-0.3, -0.25) is 9.59 Å². The first-order valence-electron chi connectivity index (χ1n) is 9.01. The summed E-state index contributed by atoms with van der Waals surface area (Å²) in [4.78, 5) is 26.5. The first kappa shape index (κ1) is 18.4. The molecule has 26 heavy (non-hydrogen) atoms. The average Bonchev–Trinajstić information content (AvgIpc) is 2.95. The molecule has 3 rings (SSSR count). The molecule has 0 saturated heterocycles. The molecule has 5 nitrogen and oxygen atoms in total. The van der Waals surface area contributed by atoms with E-state index < -0.39 is 6.10 Å². The summed E-state index contributed by atoms with van der Waals surface area (Å²) in [7, 11) is 0. The molecule has 0 aliphatic carbocycles. The van der Waals surface area contributed by atoms with Crippen LogP contribution in [0.2, 0.25) is 0 Å². The lowest BCUT2D eigenvalue weighted by Gasteiger charge is -2.32. The molecule has 1 aromatic rings. The van der Waals surface area contributed by atoms with Crippen molar-refractivity contribution in [3.8, 4) is 0 Å². The van der Waals surface area contributed by atoms with Gasteiger partial charge in [-0.05, 0) is 29.5 Å². The van der Waals surface area contributed by atoms with Crippen LogP contribution in [-0.2, 0) is 14.3 Å². The smallest absolute Gasteiger partial charge is 0.223 e. The van der Waals surface area contributed by atoms with E-state index in [0.29, 0.717) is 17.9 Å². The molecule has 0 saturated carbocycles. The third kappa shape index (κ3) is 3.58. The Morgan fingerprint density at radius 2 is 2.04 bits per heavy atom. The Kier molecular flexibility index (Phi) is 5.28. The van der Waals surface area contributed by atoms with Crippen molar-refractivity contribution in [2.75, 3.05) is 6.61 Å². The summed E-state index contributed by atoms with van der Waals surface area (Å²) >= 11 is 0. The first-order valence-corrected chi connectivity index (χ1v) is 9.01. The van der Waals surface area contributed by atoms with Crippen LogP contribution in [0.1, 0.15) is 50.8 Å². The highest BCUT2D eigenvalue weighted by atomic mass is 16.5. The Hall–Kier alpha value is -2.40. The van der Waals surface area contributed by atoms with Gasteiger partial charge in [0.05, 0.1) is 18.2 Å². The van der Waals surface area contributed by atoms with E-state index in [1.165, 1.54) is 6.92 Å². The summed E-state index contributed by atoms with van der Waals surface area (Å²) in [6.45, 7) is 5.72. The van der Waals surface area contributed by atoms with Gasteiger partial charge in [0, 0.05) is 19.5 Å². The number of hydrogen-bond donors (Lipinski definition) is 1. The number of fused-ring (bicyclic) bond motifs is 1. The second-order valence-electron chi connectivity index (χ2n) is 7.31. The van der Waals surface area contributed by atoms with Crippen molar-refractivity contribution in [2.24, 2.45) is 5.92 Å². The van der Waals surface area contributed by atoms with E-state index in [0.717, 1.165) is 11.1 Å². The monoisotopic (exact) mass is 355 g/mol. The number of ether oxygens (including phenoxy) is 1. The molecular formula is C21H25NO4. The molecule has 2 aliphatic rings. The Balaban J connectivity index is 1.84. The highest BCUT2D eigenvalue weighted by Gasteiger charge is 2.34. The maximum absolute atomic E-state index is 12.9. The predicted molar refractivity (Wildman–Crippen MR) is 99.2 cm³/mol. The molecule has 2 unspecified atom stereocenters. The molecule has 1 amide bonds. The second kappa shape index (κ2) is 7.46. The van der Waals surface area contributed by atoms with Crippen LogP contribution in [0.15, 0.2) is 41.8 Å². The van der Waals surface area contributed by atoms with Crippen LogP contribution in [0.25, 0.3) is 6.08 Å². The number of ketones is 1. The minimum atomic E-state index is -0.406. The number of rotatable bonds is 5. The van der Waals surface area contributed by atoms with Crippen LogP contribution < -0.4 is 0 Å². The van der Waals surface area contributed by atoms with Gasteiger partial charge in [0.15, 0.2) is 5.78 Å². The molecule has 0 aromatic heterocycles. The Bertz CT molecular complexity index is 778. The summed E-state index contributed by atoms with van der Waals surface area (Å²) in [5.74, 6) is 0.125. The molecule has 2 atom stereocenters. The van der Waals surface area contributed by atoms with Gasteiger partial charge in [0.25, 0.3) is 0 Å². The quantitative estimate of drug-likeness (QED) is 0.873. The molecule has 0 bridgehead atoms. The Morgan fingerprint density at radius 3 is 2.73 bits per heavy atom. The van der Waals surface area contributed by atoms with E-state index in [1.807, 2.05) is 44.2 Å². The SMILES string of the molecule is CC(=O)N1C=Cc2ccccc2C1CC(=O)C1=C(O)C(CC(C)C)OC1. The maximum Gasteiger partial charge on any atom is 0.223 e. The zero-order valence-electron chi connectivity index (χ0n) is 15.4. The Labute approximate surface area is 154 Å². The summed E-state index contributed by atoms with van der Waals surface area (Å²) in [6.07, 6.45) is 4.00. The first-order chi connectivity index (χ1) is 12.4. The number of hydrogen-bond acceptors (Lipinski definition) is 4. The number of aliphatic hydroxyl groups excluding tert-OH is 1. The van der Waals surface area contributed by atoms with Crippen LogP contribution in [0.5, 0.6) is 0 Å². The summed E-state index contributed by atoms with van der Waals surface area (Å²) in [5, 5.41) is 10.4. The average molecular weight is 355 g/mol. The van der Waals surface area contributed by atoms with Crippen LogP contribution in [0.4, 0.5) is 0 Å². The van der Waals surface area contributed by atoms with Gasteiger partial charge in [-0.25, -0.2) is 0 Å². The maximum atomic E-state index is 12.9. The third-order valence-electron chi connectivity index (χ3n) is 4.91. The van der Waals surface area contributed by atoms with Gasteiger partial charge in [0.2, 0.25) is 5.91 Å². The minimum Gasteiger partial charge on any atom is -0.509 e. The number of Topliss-reactive ketones (excluding diaryl/α,β-unsaturated/α-hetero) is 1. The molecule has 2 aliphatic heterocycles. The normalized spacial score (nSPS) is 22.1. The lowest BCUT2D eigenvalue weighted by molar-refractivity contribution is -0.129. The van der Waals surface area contributed by atoms with Gasteiger partial charge in [-0.1, -0.05) is 38.1 Å². The fraction of sp³-hybridized carbons (Fsp3) is 0.429. The Morgan fingerprint density at radius 1 is 1.31 bits per heavy atom. The highest BCUT2D eigenvalue weighted by Crippen LogP contribution is 2.35. The van der Waals surface area contributed by atoms with E-state index in [2.05, 4.69) is 0 Å². The number of carbonyl (C=O) groups excluding carboxylic acids is 2. The van der Waals surface area contributed by atoms with Crippen LogP contribution in [0, 0.1) is 5.92 Å². The molecule has 138 valence electrons. The van der Waals surface area contributed by atoms with Crippen LogP contribution in [-0.4, -0.2) is 34.4 Å². The topological polar surface area (TPSA) is 66.8 Å². The van der Waals surface area contributed by atoms with Crippen molar-refractivity contribution in [3.05, 3.63) is 52.9 Å². The number of nitrogens with zero attached hydrogens (tertiary/aromatic N) is 1. The number of benzene rings is 1. The molecular weight excluding hydrogens is 330 g/mol. The number of aliphatic hydroxyl groups is 1. The van der Waals surface area contributed by atoms with Gasteiger partial charge >= 0.3 is 0 Å². The molecule has 0 spiro atoms. The molecule has 1 aromatic carbocycles. The van der Waals surface area contributed by atoms with E-state index in [4.69, 9.17) is 4.74 Å². The second-order valence-corrected chi connectivity index (χ2v) is 7.31. The van der Waals surface area contributed by atoms with Crippen molar-refractivity contribution in [2.45, 2.75) is 45.8 Å². The van der Waals surface area contributed by atoms with Crippen molar-refractivity contribution in [1.82, 2.24) is 4.90 Å². The fourth-order valence-corrected chi connectivity index (χ4v) is 3.57. The predicted octanol–water partition coefficient (Wildman–Crippen LogP) is 3.78. The van der Waals surface area contributed by atoms with E-state index in [1.54, 1.807) is 11.1 Å². The molecule has 5 heteroatoms. The van der Waals surface area contributed by atoms with Crippen LogP contribution in [0.3, 0.4) is 0 Å².